The minimum absolute atomic E-state index is 0.0199. The number of methoxy groups -OCH3 is 1. The van der Waals surface area contributed by atoms with Gasteiger partial charge < -0.3 is 19.7 Å². The molecule has 1 saturated heterocycles. The van der Waals surface area contributed by atoms with Gasteiger partial charge in [0.05, 0.1) is 33.3 Å². The highest BCUT2D eigenvalue weighted by Gasteiger charge is 2.30. The van der Waals surface area contributed by atoms with Crippen molar-refractivity contribution in [2.45, 2.75) is 31.6 Å². The molecule has 1 N–H and O–H groups in total. The molecule has 0 atom stereocenters. The zero-order valence-corrected chi connectivity index (χ0v) is 21.3. The van der Waals surface area contributed by atoms with Crippen LogP contribution in [0.15, 0.2) is 47.4 Å². The van der Waals surface area contributed by atoms with E-state index in [2.05, 4.69) is 5.32 Å². The lowest BCUT2D eigenvalue weighted by Gasteiger charge is -2.27. The van der Waals surface area contributed by atoms with Gasteiger partial charge >= 0.3 is 0 Å². The van der Waals surface area contributed by atoms with Gasteiger partial charge in [-0.3, -0.25) is 9.59 Å². The van der Waals surface area contributed by atoms with E-state index < -0.39 is 10.0 Å². The Balaban J connectivity index is 1.75. The number of para-hydroxylation sites is 1. The number of nitrogens with one attached hydrogen (secondary N) is 1. The number of sulfonamides is 1. The predicted molar refractivity (Wildman–Crippen MR) is 133 cm³/mol. The van der Waals surface area contributed by atoms with Gasteiger partial charge in [-0.25, -0.2) is 8.42 Å². The van der Waals surface area contributed by atoms with Crippen LogP contribution in [0.4, 0.5) is 5.69 Å². The number of carbonyl (C=O) groups is 2. The molecular weight excluding hydrogens is 470 g/mol. The first kappa shape index (κ1) is 26.7. The second-order valence-corrected chi connectivity index (χ2v) is 10.3. The highest BCUT2D eigenvalue weighted by Crippen LogP contribution is 2.29. The summed E-state index contributed by atoms with van der Waals surface area (Å²) >= 11 is 0. The Bertz CT molecular complexity index is 1150. The highest BCUT2D eigenvalue weighted by molar-refractivity contribution is 7.89. The number of carbonyl (C=O) groups excluding carboxylic acids is 2. The van der Waals surface area contributed by atoms with Gasteiger partial charge in [0.15, 0.2) is 0 Å². The number of ether oxygens (including phenoxy) is 2. The molecule has 9 nitrogen and oxygen atoms in total. The van der Waals surface area contributed by atoms with E-state index in [0.29, 0.717) is 37.4 Å². The molecule has 1 aliphatic rings. The van der Waals surface area contributed by atoms with Crippen molar-refractivity contribution >= 4 is 27.5 Å². The number of hydrogen-bond acceptors (Lipinski definition) is 6. The molecule has 0 aliphatic carbocycles. The molecule has 190 valence electrons. The highest BCUT2D eigenvalue weighted by atomic mass is 32.2. The zero-order valence-electron chi connectivity index (χ0n) is 20.5. The zero-order chi connectivity index (χ0) is 25.4. The van der Waals surface area contributed by atoms with Crippen LogP contribution in [0.3, 0.4) is 0 Å². The summed E-state index contributed by atoms with van der Waals surface area (Å²) in [5.74, 6) is -0.325. The molecular formula is C25H33N3O6S. The van der Waals surface area contributed by atoms with Gasteiger partial charge in [0, 0.05) is 25.3 Å². The fraction of sp³-hybridized carbons (Fsp3) is 0.440. The van der Waals surface area contributed by atoms with Crippen molar-refractivity contribution in [3.8, 4) is 5.75 Å². The molecule has 0 spiro atoms. The lowest BCUT2D eigenvalue weighted by Crippen LogP contribution is -2.41. The van der Waals surface area contributed by atoms with E-state index in [1.54, 1.807) is 12.1 Å². The van der Waals surface area contributed by atoms with Gasteiger partial charge in [0.1, 0.15) is 10.6 Å². The van der Waals surface area contributed by atoms with Crippen LogP contribution in [0.1, 0.15) is 24.5 Å². The van der Waals surface area contributed by atoms with E-state index in [1.165, 1.54) is 22.4 Å². The third-order valence-corrected chi connectivity index (χ3v) is 7.69. The first-order chi connectivity index (χ1) is 16.8. The van der Waals surface area contributed by atoms with Gasteiger partial charge in [-0.2, -0.15) is 4.31 Å². The number of rotatable bonds is 10. The SMILES string of the molecule is CCCN(CC(=O)Nc1ccccc1C)C(=O)Cc1ccc(OC)c(S(=O)(=O)N2CCOCC2)c1. The third kappa shape index (κ3) is 6.81. The van der Waals surface area contributed by atoms with E-state index in [-0.39, 0.29) is 48.5 Å². The van der Waals surface area contributed by atoms with Crippen LogP contribution in [0.2, 0.25) is 0 Å². The van der Waals surface area contributed by atoms with Crippen LogP contribution in [0.5, 0.6) is 5.75 Å². The lowest BCUT2D eigenvalue weighted by atomic mass is 10.1. The van der Waals surface area contributed by atoms with Gasteiger partial charge in [0.2, 0.25) is 21.8 Å². The van der Waals surface area contributed by atoms with E-state index >= 15 is 0 Å². The van der Waals surface area contributed by atoms with E-state index in [0.717, 1.165) is 5.56 Å². The van der Waals surface area contributed by atoms with Crippen molar-refractivity contribution in [1.29, 1.82) is 0 Å². The Kier molecular flexibility index (Phi) is 9.25. The Hall–Kier alpha value is -2.95. The van der Waals surface area contributed by atoms with E-state index in [1.807, 2.05) is 38.1 Å². The molecule has 2 aromatic rings. The number of nitrogens with zero attached hydrogens (tertiary/aromatic N) is 2. The number of anilines is 1. The van der Waals surface area contributed by atoms with Crippen LogP contribution in [0.25, 0.3) is 0 Å². The number of morpholine rings is 1. The summed E-state index contributed by atoms with van der Waals surface area (Å²) in [4.78, 5) is 27.3. The summed E-state index contributed by atoms with van der Waals surface area (Å²) in [6.07, 6.45) is 0.649. The van der Waals surface area contributed by atoms with Crippen molar-refractivity contribution < 1.29 is 27.5 Å². The van der Waals surface area contributed by atoms with Crippen LogP contribution in [0, 0.1) is 6.92 Å². The molecule has 0 saturated carbocycles. The molecule has 1 heterocycles. The molecule has 1 aliphatic heterocycles. The summed E-state index contributed by atoms with van der Waals surface area (Å²) in [5.41, 5.74) is 2.17. The summed E-state index contributed by atoms with van der Waals surface area (Å²) < 4.78 is 38.4. The molecule has 2 aromatic carbocycles. The van der Waals surface area contributed by atoms with Crippen LogP contribution in [-0.2, 0) is 30.8 Å². The smallest absolute Gasteiger partial charge is 0.246 e. The first-order valence-corrected chi connectivity index (χ1v) is 13.1. The van der Waals surface area contributed by atoms with Gasteiger partial charge in [-0.05, 0) is 42.7 Å². The first-order valence-electron chi connectivity index (χ1n) is 11.6. The number of hydrogen-bond donors (Lipinski definition) is 1. The largest absolute Gasteiger partial charge is 0.495 e. The summed E-state index contributed by atoms with van der Waals surface area (Å²) in [6.45, 7) is 5.33. The molecule has 2 amide bonds. The monoisotopic (exact) mass is 503 g/mol. The second kappa shape index (κ2) is 12.1. The minimum atomic E-state index is -3.81. The van der Waals surface area contributed by atoms with Crippen LogP contribution >= 0.6 is 0 Å². The average molecular weight is 504 g/mol. The number of aryl methyl sites for hydroxylation is 1. The van der Waals surface area contributed by atoms with Gasteiger partial charge in [0.25, 0.3) is 0 Å². The maximum atomic E-state index is 13.2. The third-order valence-electron chi connectivity index (χ3n) is 5.77. The predicted octanol–water partition coefficient (Wildman–Crippen LogP) is 2.44. The molecule has 0 bridgehead atoms. The Morgan fingerprint density at radius 3 is 2.51 bits per heavy atom. The average Bonchev–Trinajstić information content (AvgIpc) is 2.85. The summed E-state index contributed by atoms with van der Waals surface area (Å²) in [6, 6.07) is 12.2. The second-order valence-electron chi connectivity index (χ2n) is 8.36. The maximum Gasteiger partial charge on any atom is 0.246 e. The molecule has 0 aromatic heterocycles. The van der Waals surface area contributed by atoms with Crippen molar-refractivity contribution in [3.05, 3.63) is 53.6 Å². The van der Waals surface area contributed by atoms with Crippen molar-refractivity contribution in [3.63, 3.8) is 0 Å². The fourth-order valence-corrected chi connectivity index (χ4v) is 5.50. The van der Waals surface area contributed by atoms with Crippen LogP contribution < -0.4 is 10.1 Å². The van der Waals surface area contributed by atoms with Crippen molar-refractivity contribution in [1.82, 2.24) is 9.21 Å². The molecule has 0 unspecified atom stereocenters. The normalized spacial score (nSPS) is 14.4. The standard InChI is InChI=1S/C25H33N3O6S/c1-4-11-27(18-24(29)26-21-8-6-5-7-19(21)2)25(30)17-20-9-10-22(33-3)23(16-20)35(31,32)28-12-14-34-15-13-28/h5-10,16H,4,11-15,17-18H2,1-3H3,(H,26,29). The molecule has 0 radical (unpaired) electrons. The molecule has 35 heavy (non-hydrogen) atoms. The topological polar surface area (TPSA) is 105 Å². The minimum Gasteiger partial charge on any atom is -0.495 e. The van der Waals surface area contributed by atoms with Gasteiger partial charge in [-0.1, -0.05) is 31.2 Å². The van der Waals surface area contributed by atoms with E-state index in [4.69, 9.17) is 9.47 Å². The Morgan fingerprint density at radius 2 is 1.86 bits per heavy atom. The van der Waals surface area contributed by atoms with Crippen molar-refractivity contribution in [2.75, 3.05) is 51.8 Å². The van der Waals surface area contributed by atoms with Crippen molar-refractivity contribution in [2.24, 2.45) is 0 Å². The Morgan fingerprint density at radius 1 is 1.14 bits per heavy atom. The summed E-state index contributed by atoms with van der Waals surface area (Å²) in [5, 5.41) is 2.85. The van der Waals surface area contributed by atoms with Gasteiger partial charge in [-0.15, -0.1) is 0 Å². The molecule has 10 heteroatoms. The molecule has 3 rings (SSSR count). The quantitative estimate of drug-likeness (QED) is 0.534. The van der Waals surface area contributed by atoms with Crippen LogP contribution in [-0.4, -0.2) is 75.9 Å². The Labute approximate surface area is 207 Å². The number of amides is 2. The summed E-state index contributed by atoms with van der Waals surface area (Å²) in [7, 11) is -2.40. The lowest BCUT2D eigenvalue weighted by molar-refractivity contribution is -0.134. The fourth-order valence-electron chi connectivity index (χ4n) is 3.88. The maximum absolute atomic E-state index is 13.2. The molecule has 1 fully saturated rings. The number of benzene rings is 2. The van der Waals surface area contributed by atoms with E-state index in [9.17, 15) is 18.0 Å².